The van der Waals surface area contributed by atoms with E-state index in [1.165, 1.54) is 24.0 Å². The fourth-order valence-corrected chi connectivity index (χ4v) is 4.60. The van der Waals surface area contributed by atoms with Gasteiger partial charge in [0.15, 0.2) is 0 Å². The number of allylic oxidation sites excluding steroid dienone is 2. The summed E-state index contributed by atoms with van der Waals surface area (Å²) in [5.41, 5.74) is 1.47. The van der Waals surface area contributed by atoms with Gasteiger partial charge in [-0.1, -0.05) is 56.8 Å². The lowest BCUT2D eigenvalue weighted by atomic mass is 9.76. The van der Waals surface area contributed by atoms with Crippen LogP contribution in [0.4, 0.5) is 0 Å². The minimum atomic E-state index is -1.03. The Morgan fingerprint density at radius 1 is 1.24 bits per heavy atom. The molecule has 4 unspecified atom stereocenters. The molecule has 3 heteroatoms. The van der Waals surface area contributed by atoms with Gasteiger partial charge >= 0.3 is 5.97 Å². The molecule has 0 aliphatic heterocycles. The van der Waals surface area contributed by atoms with Crippen LogP contribution in [-0.2, 0) is 9.53 Å². The highest BCUT2D eigenvalue weighted by Crippen LogP contribution is 2.36. The van der Waals surface area contributed by atoms with Gasteiger partial charge in [-0.05, 0) is 57.4 Å². The van der Waals surface area contributed by atoms with Crippen molar-refractivity contribution < 1.29 is 14.6 Å². The SMILES string of the molecule is CCCCC1CC(C)=CC(O)(CC(=O)OC2C=C(C)CC(CC)C2)C1. The van der Waals surface area contributed by atoms with Crippen LogP contribution < -0.4 is 0 Å². The molecule has 0 radical (unpaired) electrons. The average Bonchev–Trinajstić information content (AvgIpc) is 2.50. The van der Waals surface area contributed by atoms with E-state index < -0.39 is 5.60 Å². The highest BCUT2D eigenvalue weighted by molar-refractivity contribution is 5.71. The molecule has 0 amide bonds. The molecule has 0 aromatic carbocycles. The van der Waals surface area contributed by atoms with Gasteiger partial charge in [-0.25, -0.2) is 0 Å². The summed E-state index contributed by atoms with van der Waals surface area (Å²) in [5.74, 6) is 0.804. The Morgan fingerprint density at radius 2 is 1.96 bits per heavy atom. The number of unbranched alkanes of at least 4 members (excludes halogenated alkanes) is 1. The van der Waals surface area contributed by atoms with Crippen molar-refractivity contribution in [3.8, 4) is 0 Å². The molecule has 0 aromatic rings. The largest absolute Gasteiger partial charge is 0.458 e. The molecule has 25 heavy (non-hydrogen) atoms. The summed E-state index contributed by atoms with van der Waals surface area (Å²) in [6.45, 7) is 8.56. The highest BCUT2D eigenvalue weighted by Gasteiger charge is 2.35. The minimum Gasteiger partial charge on any atom is -0.458 e. The number of carbonyl (C=O) groups excluding carboxylic acids is 1. The summed E-state index contributed by atoms with van der Waals surface area (Å²) in [4.78, 5) is 12.5. The lowest BCUT2D eigenvalue weighted by molar-refractivity contribution is -0.152. The second-order valence-corrected chi connectivity index (χ2v) is 8.44. The molecule has 0 bridgehead atoms. The van der Waals surface area contributed by atoms with Crippen molar-refractivity contribution >= 4 is 5.97 Å². The summed E-state index contributed by atoms with van der Waals surface area (Å²) in [6, 6.07) is 0. The Labute approximate surface area is 153 Å². The van der Waals surface area contributed by atoms with Gasteiger partial charge < -0.3 is 9.84 Å². The lowest BCUT2D eigenvalue weighted by Crippen LogP contribution is -2.37. The predicted molar refractivity (Wildman–Crippen MR) is 102 cm³/mol. The summed E-state index contributed by atoms with van der Waals surface area (Å²) in [7, 11) is 0. The van der Waals surface area contributed by atoms with Gasteiger partial charge in [0.25, 0.3) is 0 Å². The van der Waals surface area contributed by atoms with Crippen molar-refractivity contribution in [3.05, 3.63) is 23.3 Å². The minimum absolute atomic E-state index is 0.0765. The number of carbonyl (C=O) groups is 1. The van der Waals surface area contributed by atoms with E-state index in [4.69, 9.17) is 4.74 Å². The summed E-state index contributed by atoms with van der Waals surface area (Å²) < 4.78 is 5.71. The number of rotatable bonds is 7. The molecule has 0 aromatic heterocycles. The molecule has 2 rings (SSSR count). The van der Waals surface area contributed by atoms with E-state index >= 15 is 0 Å². The maximum absolute atomic E-state index is 12.5. The zero-order valence-corrected chi connectivity index (χ0v) is 16.5. The van der Waals surface area contributed by atoms with Gasteiger partial charge in [0, 0.05) is 0 Å². The Kier molecular flexibility index (Phi) is 7.30. The normalized spacial score (nSPS) is 32.8. The van der Waals surface area contributed by atoms with Crippen LogP contribution in [-0.4, -0.2) is 22.8 Å². The second-order valence-electron chi connectivity index (χ2n) is 8.44. The molecule has 2 aliphatic carbocycles. The molecule has 4 atom stereocenters. The molecule has 0 saturated carbocycles. The summed E-state index contributed by atoms with van der Waals surface area (Å²) >= 11 is 0. The van der Waals surface area contributed by atoms with Crippen LogP contribution >= 0.6 is 0 Å². The van der Waals surface area contributed by atoms with Crippen LogP contribution in [0.25, 0.3) is 0 Å². The van der Waals surface area contributed by atoms with Gasteiger partial charge in [0.2, 0.25) is 0 Å². The predicted octanol–water partition coefficient (Wildman–Crippen LogP) is 5.33. The van der Waals surface area contributed by atoms with E-state index in [1.54, 1.807) is 0 Å². The van der Waals surface area contributed by atoms with E-state index in [0.717, 1.165) is 32.1 Å². The van der Waals surface area contributed by atoms with Crippen molar-refractivity contribution in [2.45, 2.75) is 97.2 Å². The van der Waals surface area contributed by atoms with E-state index in [1.807, 2.05) is 6.08 Å². The molecule has 1 N–H and O–H groups in total. The molecular weight excluding hydrogens is 312 g/mol. The first-order valence-corrected chi connectivity index (χ1v) is 10.1. The standard InChI is InChI=1S/C22H36O3/c1-5-7-8-19-10-17(4)13-22(24,14-19)15-21(23)25-20-11-16(3)9-18(6-2)12-20/h11,13,18-20,24H,5-10,12,14-15H2,1-4H3. The van der Waals surface area contributed by atoms with Crippen LogP contribution in [0.15, 0.2) is 23.3 Å². The fraction of sp³-hybridized carbons (Fsp3) is 0.773. The van der Waals surface area contributed by atoms with Gasteiger partial charge in [-0.2, -0.15) is 0 Å². The third-order valence-electron chi connectivity index (χ3n) is 5.69. The van der Waals surface area contributed by atoms with E-state index in [2.05, 4.69) is 33.8 Å². The number of hydrogen-bond acceptors (Lipinski definition) is 3. The summed E-state index contributed by atoms with van der Waals surface area (Å²) in [5, 5.41) is 11.0. The zero-order valence-electron chi connectivity index (χ0n) is 16.5. The number of esters is 1. The Hall–Kier alpha value is -1.09. The molecule has 0 spiro atoms. The fourth-order valence-electron chi connectivity index (χ4n) is 4.60. The Morgan fingerprint density at radius 3 is 2.64 bits per heavy atom. The van der Waals surface area contributed by atoms with E-state index in [9.17, 15) is 9.90 Å². The van der Waals surface area contributed by atoms with Crippen molar-refractivity contribution in [3.63, 3.8) is 0 Å². The molecule has 2 aliphatic rings. The number of aliphatic hydroxyl groups is 1. The first-order chi connectivity index (χ1) is 11.8. The Bertz CT molecular complexity index is 519. The van der Waals surface area contributed by atoms with Gasteiger partial charge in [-0.3, -0.25) is 4.79 Å². The maximum atomic E-state index is 12.5. The highest BCUT2D eigenvalue weighted by atomic mass is 16.5. The first-order valence-electron chi connectivity index (χ1n) is 10.1. The second kappa shape index (κ2) is 9.02. The molecule has 0 heterocycles. The Balaban J connectivity index is 1.94. The average molecular weight is 349 g/mol. The van der Waals surface area contributed by atoms with Gasteiger partial charge in [0.1, 0.15) is 6.10 Å². The third-order valence-corrected chi connectivity index (χ3v) is 5.69. The van der Waals surface area contributed by atoms with Crippen LogP contribution in [0, 0.1) is 11.8 Å². The zero-order chi connectivity index (χ0) is 18.4. The topological polar surface area (TPSA) is 46.5 Å². The van der Waals surface area contributed by atoms with Crippen molar-refractivity contribution in [1.82, 2.24) is 0 Å². The quantitative estimate of drug-likeness (QED) is 0.499. The first kappa shape index (κ1) is 20.2. The lowest BCUT2D eigenvalue weighted by Gasteiger charge is -2.35. The van der Waals surface area contributed by atoms with Crippen LogP contribution in [0.3, 0.4) is 0 Å². The number of ether oxygens (including phenoxy) is 1. The smallest absolute Gasteiger partial charge is 0.309 e. The molecule has 0 saturated heterocycles. The summed E-state index contributed by atoms with van der Waals surface area (Å²) in [6.07, 6.45) is 12.3. The van der Waals surface area contributed by atoms with E-state index in [0.29, 0.717) is 18.3 Å². The van der Waals surface area contributed by atoms with Crippen LogP contribution in [0.5, 0.6) is 0 Å². The van der Waals surface area contributed by atoms with Gasteiger partial charge in [-0.15, -0.1) is 0 Å². The molecular formula is C22H36O3. The van der Waals surface area contributed by atoms with E-state index in [-0.39, 0.29) is 18.5 Å². The van der Waals surface area contributed by atoms with Crippen LogP contribution in [0.1, 0.15) is 85.5 Å². The molecule has 142 valence electrons. The number of hydrogen-bond donors (Lipinski definition) is 1. The third kappa shape index (κ3) is 6.29. The molecule has 3 nitrogen and oxygen atoms in total. The van der Waals surface area contributed by atoms with Crippen molar-refractivity contribution in [1.29, 1.82) is 0 Å². The maximum Gasteiger partial charge on any atom is 0.309 e. The monoisotopic (exact) mass is 348 g/mol. The van der Waals surface area contributed by atoms with Crippen molar-refractivity contribution in [2.75, 3.05) is 0 Å². The van der Waals surface area contributed by atoms with Gasteiger partial charge in [0.05, 0.1) is 12.0 Å². The van der Waals surface area contributed by atoms with Crippen molar-refractivity contribution in [2.24, 2.45) is 11.8 Å². The molecule has 0 fully saturated rings. The van der Waals surface area contributed by atoms with Crippen LogP contribution in [0.2, 0.25) is 0 Å².